The summed E-state index contributed by atoms with van der Waals surface area (Å²) in [6, 6.07) is 18.2. The molecule has 1 atom stereocenters. The maximum atomic E-state index is 12.4. The number of nitrogens with zero attached hydrogens (tertiary/aromatic N) is 3. The molecule has 0 radical (unpaired) electrons. The first-order valence-electron chi connectivity index (χ1n) is 10.8. The fourth-order valence-electron chi connectivity index (χ4n) is 4.38. The van der Waals surface area contributed by atoms with Crippen LogP contribution in [0.3, 0.4) is 0 Å². The minimum Gasteiger partial charge on any atom is -0.394 e. The van der Waals surface area contributed by atoms with Crippen molar-refractivity contribution in [3.8, 4) is 0 Å². The van der Waals surface area contributed by atoms with Crippen LogP contribution in [0.4, 0.5) is 0 Å². The fraction of sp³-hybridized carbons (Fsp3) is 0.200. The van der Waals surface area contributed by atoms with Gasteiger partial charge in [-0.15, -0.1) is 10.2 Å². The van der Waals surface area contributed by atoms with Crippen molar-refractivity contribution >= 4 is 44.1 Å². The molecular formula is C25H23N5O3. The first-order valence-corrected chi connectivity index (χ1v) is 10.8. The predicted molar refractivity (Wildman–Crippen MR) is 126 cm³/mol. The standard InChI is InChI=1S/C25H23N5O3/c31-13-21(25(33)29-30-14-26-27-15-30)28-22(32)6-2-3-16-7-8-19-10-9-17-4-1-5-18-11-12-20(16)24(19)23(17)18/h1,4-5,7-12,14-15,21,31H,2-3,6,13H2,(H,28,32)(H,29,33). The summed E-state index contributed by atoms with van der Waals surface area (Å²) in [5.41, 5.74) is 3.67. The van der Waals surface area contributed by atoms with E-state index < -0.39 is 18.6 Å². The van der Waals surface area contributed by atoms with E-state index in [-0.39, 0.29) is 12.3 Å². The Morgan fingerprint density at radius 2 is 1.58 bits per heavy atom. The van der Waals surface area contributed by atoms with Crippen LogP contribution in [0, 0.1) is 0 Å². The quantitative estimate of drug-likeness (QED) is 0.321. The van der Waals surface area contributed by atoms with Crippen LogP contribution < -0.4 is 10.7 Å². The van der Waals surface area contributed by atoms with Crippen molar-refractivity contribution in [3.63, 3.8) is 0 Å². The van der Waals surface area contributed by atoms with Gasteiger partial charge in [-0.2, -0.15) is 0 Å². The van der Waals surface area contributed by atoms with Crippen LogP contribution in [0.25, 0.3) is 32.3 Å². The molecule has 33 heavy (non-hydrogen) atoms. The second-order valence-corrected chi connectivity index (χ2v) is 8.08. The molecule has 2 amide bonds. The first-order chi connectivity index (χ1) is 16.1. The van der Waals surface area contributed by atoms with Gasteiger partial charge in [-0.3, -0.25) is 15.0 Å². The Bertz CT molecular complexity index is 1420. The van der Waals surface area contributed by atoms with Crippen LogP contribution in [0.2, 0.25) is 0 Å². The van der Waals surface area contributed by atoms with Gasteiger partial charge in [0.1, 0.15) is 18.7 Å². The number of nitrogens with one attached hydrogen (secondary N) is 2. The van der Waals surface area contributed by atoms with Crippen molar-refractivity contribution in [1.82, 2.24) is 20.2 Å². The number of aliphatic hydroxyl groups excluding tert-OH is 1. The van der Waals surface area contributed by atoms with Gasteiger partial charge in [-0.05, 0) is 50.7 Å². The molecule has 166 valence electrons. The van der Waals surface area contributed by atoms with Gasteiger partial charge in [0.15, 0.2) is 0 Å². The maximum absolute atomic E-state index is 12.4. The SMILES string of the molecule is O=C(CCCc1ccc2ccc3cccc4ccc1c2c34)NC(CO)C(=O)Nn1cnnc1. The van der Waals surface area contributed by atoms with E-state index in [0.717, 1.165) is 6.42 Å². The molecule has 0 aliphatic rings. The molecule has 0 spiro atoms. The summed E-state index contributed by atoms with van der Waals surface area (Å²) in [5, 5.41) is 26.7. The zero-order valence-corrected chi connectivity index (χ0v) is 17.9. The average Bonchev–Trinajstić information content (AvgIpc) is 3.34. The van der Waals surface area contributed by atoms with Crippen molar-refractivity contribution in [2.24, 2.45) is 0 Å². The summed E-state index contributed by atoms with van der Waals surface area (Å²) < 4.78 is 1.26. The van der Waals surface area contributed by atoms with Crippen LogP contribution >= 0.6 is 0 Å². The van der Waals surface area contributed by atoms with Crippen LogP contribution in [0.15, 0.2) is 67.3 Å². The number of benzene rings is 4. The van der Waals surface area contributed by atoms with Gasteiger partial charge in [0, 0.05) is 6.42 Å². The van der Waals surface area contributed by atoms with Gasteiger partial charge in [0.2, 0.25) is 5.91 Å². The minimum absolute atomic E-state index is 0.248. The number of hydrogen-bond acceptors (Lipinski definition) is 5. The largest absolute Gasteiger partial charge is 0.394 e. The van der Waals surface area contributed by atoms with Crippen LogP contribution in [0.5, 0.6) is 0 Å². The molecule has 0 saturated heterocycles. The summed E-state index contributed by atoms with van der Waals surface area (Å²) in [5.74, 6) is -0.830. The third kappa shape index (κ3) is 4.08. The Labute approximate surface area is 189 Å². The molecule has 5 rings (SSSR count). The molecule has 8 heteroatoms. The van der Waals surface area contributed by atoms with E-state index in [1.807, 2.05) is 0 Å². The normalized spacial score (nSPS) is 12.4. The Hall–Kier alpha value is -4.04. The number of carbonyl (C=O) groups excluding carboxylic acids is 2. The molecule has 1 aromatic heterocycles. The highest BCUT2D eigenvalue weighted by Gasteiger charge is 2.20. The van der Waals surface area contributed by atoms with E-state index in [9.17, 15) is 14.7 Å². The van der Waals surface area contributed by atoms with Crippen LogP contribution in [-0.4, -0.2) is 44.4 Å². The Balaban J connectivity index is 1.26. The van der Waals surface area contributed by atoms with Gasteiger partial charge in [0.05, 0.1) is 6.61 Å². The molecule has 1 heterocycles. The molecule has 1 unspecified atom stereocenters. The van der Waals surface area contributed by atoms with Crippen LogP contribution in [0.1, 0.15) is 18.4 Å². The Kier molecular flexibility index (Phi) is 5.58. The average molecular weight is 441 g/mol. The van der Waals surface area contributed by atoms with E-state index in [4.69, 9.17) is 0 Å². The summed E-state index contributed by atoms with van der Waals surface area (Å²) in [6.07, 6.45) is 4.23. The van der Waals surface area contributed by atoms with Gasteiger partial charge in [-0.1, -0.05) is 54.6 Å². The fourth-order valence-corrected chi connectivity index (χ4v) is 4.38. The second kappa shape index (κ2) is 8.84. The lowest BCUT2D eigenvalue weighted by atomic mass is 9.90. The van der Waals surface area contributed by atoms with E-state index in [1.165, 1.54) is 55.2 Å². The van der Waals surface area contributed by atoms with Crippen molar-refractivity contribution in [2.75, 3.05) is 12.0 Å². The molecule has 0 bridgehead atoms. The Morgan fingerprint density at radius 1 is 0.909 bits per heavy atom. The topological polar surface area (TPSA) is 109 Å². The second-order valence-electron chi connectivity index (χ2n) is 8.08. The number of carbonyl (C=O) groups is 2. The molecule has 4 aromatic carbocycles. The number of aliphatic hydroxyl groups is 1. The van der Waals surface area contributed by atoms with Gasteiger partial charge >= 0.3 is 0 Å². The Morgan fingerprint density at radius 3 is 2.30 bits per heavy atom. The number of amides is 2. The lowest BCUT2D eigenvalue weighted by Crippen LogP contribution is -2.47. The predicted octanol–water partition coefficient (Wildman–Crippen LogP) is 2.75. The third-order valence-electron chi connectivity index (χ3n) is 5.96. The molecule has 5 aromatic rings. The zero-order chi connectivity index (χ0) is 22.8. The summed E-state index contributed by atoms with van der Waals surface area (Å²) in [4.78, 5) is 24.6. The molecule has 0 aliphatic carbocycles. The summed E-state index contributed by atoms with van der Waals surface area (Å²) in [6.45, 7) is -0.505. The minimum atomic E-state index is -1.05. The molecule has 3 N–H and O–H groups in total. The van der Waals surface area contributed by atoms with Gasteiger partial charge < -0.3 is 10.4 Å². The van der Waals surface area contributed by atoms with Crippen molar-refractivity contribution in [2.45, 2.75) is 25.3 Å². The van der Waals surface area contributed by atoms with Crippen molar-refractivity contribution in [1.29, 1.82) is 0 Å². The zero-order valence-electron chi connectivity index (χ0n) is 17.9. The van der Waals surface area contributed by atoms with Gasteiger partial charge in [0.25, 0.3) is 5.91 Å². The number of hydrogen-bond donors (Lipinski definition) is 3. The highest BCUT2D eigenvalue weighted by Crippen LogP contribution is 2.36. The molecule has 0 saturated carbocycles. The highest BCUT2D eigenvalue weighted by atomic mass is 16.3. The van der Waals surface area contributed by atoms with Crippen molar-refractivity contribution < 1.29 is 14.7 Å². The smallest absolute Gasteiger partial charge is 0.263 e. The van der Waals surface area contributed by atoms with Gasteiger partial charge in [-0.25, -0.2) is 4.68 Å². The van der Waals surface area contributed by atoms with Crippen LogP contribution in [-0.2, 0) is 16.0 Å². The number of aromatic nitrogens is 3. The molecule has 8 nitrogen and oxygen atoms in total. The summed E-state index contributed by atoms with van der Waals surface area (Å²) >= 11 is 0. The molecule has 0 fully saturated rings. The van der Waals surface area contributed by atoms with E-state index in [1.54, 1.807) is 0 Å². The molecule has 0 aliphatic heterocycles. The maximum Gasteiger partial charge on any atom is 0.263 e. The van der Waals surface area contributed by atoms with E-state index in [0.29, 0.717) is 6.42 Å². The monoisotopic (exact) mass is 441 g/mol. The molecular weight excluding hydrogens is 418 g/mol. The van der Waals surface area contributed by atoms with E-state index >= 15 is 0 Å². The first kappa shape index (κ1) is 20.8. The lowest BCUT2D eigenvalue weighted by Gasteiger charge is -2.16. The van der Waals surface area contributed by atoms with E-state index in [2.05, 4.69) is 75.5 Å². The van der Waals surface area contributed by atoms with Crippen molar-refractivity contribution in [3.05, 3.63) is 72.8 Å². The lowest BCUT2D eigenvalue weighted by molar-refractivity contribution is -0.127. The highest BCUT2D eigenvalue weighted by molar-refractivity contribution is 6.23. The summed E-state index contributed by atoms with van der Waals surface area (Å²) in [7, 11) is 0. The number of rotatable bonds is 8. The number of aryl methyl sites for hydroxylation is 1. The third-order valence-corrected chi connectivity index (χ3v) is 5.96.